The number of rotatable bonds is 3. The lowest BCUT2D eigenvalue weighted by atomic mass is 10.1. The molecule has 0 spiro atoms. The van der Waals surface area contributed by atoms with Gasteiger partial charge < -0.3 is 9.47 Å². The molecule has 1 unspecified atom stereocenters. The lowest BCUT2D eigenvalue weighted by Gasteiger charge is -2.11. The monoisotopic (exact) mass is 217 g/mol. The maximum Gasteiger partial charge on any atom is 0.137 e. The molecule has 1 saturated heterocycles. The van der Waals surface area contributed by atoms with Crippen molar-refractivity contribution in [3.05, 3.63) is 29.3 Å². The zero-order valence-electron chi connectivity index (χ0n) is 9.40. The van der Waals surface area contributed by atoms with Crippen molar-refractivity contribution in [2.24, 2.45) is 5.92 Å². The summed E-state index contributed by atoms with van der Waals surface area (Å²) in [6, 6.07) is 7.83. The molecule has 16 heavy (non-hydrogen) atoms. The minimum atomic E-state index is 0.466. The van der Waals surface area contributed by atoms with Gasteiger partial charge in [0.2, 0.25) is 0 Å². The molecule has 1 aliphatic rings. The van der Waals surface area contributed by atoms with Gasteiger partial charge in [0.1, 0.15) is 11.8 Å². The van der Waals surface area contributed by atoms with Gasteiger partial charge in [0.25, 0.3) is 0 Å². The topological polar surface area (TPSA) is 42.2 Å². The van der Waals surface area contributed by atoms with E-state index >= 15 is 0 Å². The third-order valence-electron chi connectivity index (χ3n) is 2.75. The van der Waals surface area contributed by atoms with Crippen molar-refractivity contribution >= 4 is 0 Å². The molecule has 1 heterocycles. The lowest BCUT2D eigenvalue weighted by molar-refractivity contribution is 0.167. The number of hydrogen-bond acceptors (Lipinski definition) is 3. The number of hydrogen-bond donors (Lipinski definition) is 0. The predicted octanol–water partition coefficient (Wildman–Crippen LogP) is 2.28. The van der Waals surface area contributed by atoms with Gasteiger partial charge in [-0.25, -0.2) is 0 Å². The van der Waals surface area contributed by atoms with E-state index in [0.717, 1.165) is 25.2 Å². The van der Waals surface area contributed by atoms with E-state index in [-0.39, 0.29) is 0 Å². The molecule has 1 aromatic carbocycles. The number of aryl methyl sites for hydroxylation is 1. The molecular formula is C13H15NO2. The van der Waals surface area contributed by atoms with Crippen molar-refractivity contribution in [2.45, 2.75) is 13.3 Å². The van der Waals surface area contributed by atoms with E-state index in [9.17, 15) is 0 Å². The molecule has 2 rings (SSSR count). The van der Waals surface area contributed by atoms with Crippen LogP contribution in [0, 0.1) is 24.2 Å². The maximum atomic E-state index is 8.98. The third-order valence-corrected chi connectivity index (χ3v) is 2.75. The molecule has 0 N–H and O–H groups in total. The second kappa shape index (κ2) is 5.00. The van der Waals surface area contributed by atoms with Crippen LogP contribution < -0.4 is 4.74 Å². The Balaban J connectivity index is 2.00. The molecule has 0 amide bonds. The maximum absolute atomic E-state index is 8.98. The van der Waals surface area contributed by atoms with Crippen LogP contribution in [0.15, 0.2) is 18.2 Å². The summed E-state index contributed by atoms with van der Waals surface area (Å²) in [6.45, 7) is 4.20. The normalized spacial score (nSPS) is 19.4. The largest absolute Gasteiger partial charge is 0.492 e. The van der Waals surface area contributed by atoms with E-state index < -0.39 is 0 Å². The molecule has 0 radical (unpaired) electrons. The molecule has 0 bridgehead atoms. The fraction of sp³-hybridized carbons (Fsp3) is 0.462. The predicted molar refractivity (Wildman–Crippen MR) is 60.3 cm³/mol. The van der Waals surface area contributed by atoms with Crippen LogP contribution in [0.2, 0.25) is 0 Å². The highest BCUT2D eigenvalue weighted by atomic mass is 16.5. The average Bonchev–Trinajstić information content (AvgIpc) is 2.80. The number of benzene rings is 1. The van der Waals surface area contributed by atoms with Gasteiger partial charge in [0.15, 0.2) is 0 Å². The quantitative estimate of drug-likeness (QED) is 0.780. The van der Waals surface area contributed by atoms with Crippen LogP contribution in [-0.4, -0.2) is 19.8 Å². The number of nitriles is 1. The Morgan fingerprint density at radius 2 is 2.44 bits per heavy atom. The van der Waals surface area contributed by atoms with E-state index in [1.165, 1.54) is 0 Å². The second-order valence-corrected chi connectivity index (χ2v) is 4.15. The molecule has 0 aliphatic carbocycles. The fourth-order valence-electron chi connectivity index (χ4n) is 1.78. The summed E-state index contributed by atoms with van der Waals surface area (Å²) in [4.78, 5) is 0. The van der Waals surface area contributed by atoms with Crippen LogP contribution in [0.4, 0.5) is 0 Å². The van der Waals surface area contributed by atoms with E-state index in [0.29, 0.717) is 23.8 Å². The zero-order valence-corrected chi connectivity index (χ0v) is 9.40. The van der Waals surface area contributed by atoms with E-state index in [4.69, 9.17) is 14.7 Å². The van der Waals surface area contributed by atoms with E-state index in [1.807, 2.05) is 25.1 Å². The average molecular weight is 217 g/mol. The molecular weight excluding hydrogens is 202 g/mol. The SMILES string of the molecule is Cc1ccc(OCC2CCOC2)c(C#N)c1. The van der Waals surface area contributed by atoms with Crippen molar-refractivity contribution < 1.29 is 9.47 Å². The summed E-state index contributed by atoms with van der Waals surface area (Å²) in [6.07, 6.45) is 1.05. The standard InChI is InChI=1S/C13H15NO2/c1-10-2-3-13(12(6-10)7-14)16-9-11-4-5-15-8-11/h2-3,6,11H,4-5,8-9H2,1H3. The van der Waals surface area contributed by atoms with Crippen molar-refractivity contribution in [1.29, 1.82) is 5.26 Å². The molecule has 0 saturated carbocycles. The lowest BCUT2D eigenvalue weighted by Crippen LogP contribution is -2.12. The van der Waals surface area contributed by atoms with Gasteiger partial charge in [-0.15, -0.1) is 0 Å². The first-order valence-corrected chi connectivity index (χ1v) is 5.51. The Morgan fingerprint density at radius 3 is 3.12 bits per heavy atom. The Labute approximate surface area is 95.6 Å². The van der Waals surface area contributed by atoms with Crippen molar-refractivity contribution in [3.63, 3.8) is 0 Å². The molecule has 84 valence electrons. The van der Waals surface area contributed by atoms with E-state index in [1.54, 1.807) is 0 Å². The number of nitrogens with zero attached hydrogens (tertiary/aromatic N) is 1. The van der Waals surface area contributed by atoms with Crippen LogP contribution >= 0.6 is 0 Å². The van der Waals surface area contributed by atoms with Crippen LogP contribution in [-0.2, 0) is 4.74 Å². The Hall–Kier alpha value is -1.53. The molecule has 1 atom stereocenters. The second-order valence-electron chi connectivity index (χ2n) is 4.15. The van der Waals surface area contributed by atoms with Gasteiger partial charge in [0.05, 0.1) is 18.8 Å². The van der Waals surface area contributed by atoms with Crippen LogP contribution in [0.1, 0.15) is 17.5 Å². The molecule has 1 aromatic rings. The van der Waals surface area contributed by atoms with Gasteiger partial charge in [-0.3, -0.25) is 0 Å². The Morgan fingerprint density at radius 1 is 1.56 bits per heavy atom. The summed E-state index contributed by atoms with van der Waals surface area (Å²) >= 11 is 0. The molecule has 1 aliphatic heterocycles. The van der Waals surface area contributed by atoms with Gasteiger partial charge in [-0.2, -0.15) is 5.26 Å². The summed E-state index contributed by atoms with van der Waals surface area (Å²) in [5.41, 5.74) is 1.69. The summed E-state index contributed by atoms with van der Waals surface area (Å²) in [5, 5.41) is 8.98. The first-order chi connectivity index (χ1) is 7.79. The van der Waals surface area contributed by atoms with Crippen LogP contribution in [0.5, 0.6) is 5.75 Å². The first kappa shape index (κ1) is 11.0. The Bertz CT molecular complexity index is 403. The molecule has 3 heteroatoms. The van der Waals surface area contributed by atoms with Crippen LogP contribution in [0.25, 0.3) is 0 Å². The summed E-state index contributed by atoms with van der Waals surface area (Å²) in [5.74, 6) is 1.15. The van der Waals surface area contributed by atoms with Gasteiger partial charge in [-0.1, -0.05) is 6.07 Å². The van der Waals surface area contributed by atoms with Gasteiger partial charge >= 0.3 is 0 Å². The summed E-state index contributed by atoms with van der Waals surface area (Å²) < 4.78 is 10.9. The van der Waals surface area contributed by atoms with Crippen molar-refractivity contribution in [1.82, 2.24) is 0 Å². The van der Waals surface area contributed by atoms with E-state index in [2.05, 4.69) is 6.07 Å². The van der Waals surface area contributed by atoms with Gasteiger partial charge in [-0.05, 0) is 31.0 Å². The molecule has 0 aromatic heterocycles. The highest BCUT2D eigenvalue weighted by Crippen LogP contribution is 2.21. The number of ether oxygens (including phenoxy) is 2. The van der Waals surface area contributed by atoms with Crippen molar-refractivity contribution in [2.75, 3.05) is 19.8 Å². The minimum Gasteiger partial charge on any atom is -0.492 e. The van der Waals surface area contributed by atoms with Crippen LogP contribution in [0.3, 0.4) is 0 Å². The molecule has 3 nitrogen and oxygen atoms in total. The molecule has 1 fully saturated rings. The smallest absolute Gasteiger partial charge is 0.137 e. The van der Waals surface area contributed by atoms with Gasteiger partial charge in [0, 0.05) is 12.5 Å². The fourth-order valence-corrected chi connectivity index (χ4v) is 1.78. The zero-order chi connectivity index (χ0) is 11.4. The summed E-state index contributed by atoms with van der Waals surface area (Å²) in [7, 11) is 0. The first-order valence-electron chi connectivity index (χ1n) is 5.51. The Kier molecular flexibility index (Phi) is 3.43. The third kappa shape index (κ3) is 2.53. The minimum absolute atomic E-state index is 0.466. The highest BCUT2D eigenvalue weighted by molar-refractivity contribution is 5.45. The van der Waals surface area contributed by atoms with Crippen molar-refractivity contribution in [3.8, 4) is 11.8 Å². The highest BCUT2D eigenvalue weighted by Gasteiger charge is 2.16.